The van der Waals surface area contributed by atoms with Crippen LogP contribution in [0.4, 0.5) is 4.79 Å². The summed E-state index contributed by atoms with van der Waals surface area (Å²) in [6.45, 7) is 12.0. The van der Waals surface area contributed by atoms with E-state index in [0.29, 0.717) is 54.1 Å². The van der Waals surface area contributed by atoms with Gasteiger partial charge in [0.15, 0.2) is 0 Å². The number of benzene rings is 4. The van der Waals surface area contributed by atoms with Gasteiger partial charge in [-0.05, 0) is 84.4 Å². The Kier molecular flexibility index (Phi) is 13.3. The van der Waals surface area contributed by atoms with Gasteiger partial charge in [-0.2, -0.15) is 0 Å². The number of nitrogens with one attached hydrogen (secondary N) is 1. The Bertz CT molecular complexity index is 1650. The van der Waals surface area contributed by atoms with Crippen LogP contribution in [0.3, 0.4) is 0 Å². The van der Waals surface area contributed by atoms with E-state index in [4.69, 9.17) is 28.4 Å². The maximum absolute atomic E-state index is 13.4. The van der Waals surface area contributed by atoms with Crippen molar-refractivity contribution in [1.29, 1.82) is 0 Å². The smallest absolute Gasteiger partial charge is 0.408 e. The number of nitrogens with zero attached hydrogens (tertiary/aromatic N) is 1. The van der Waals surface area contributed by atoms with Crippen molar-refractivity contribution in [1.82, 2.24) is 10.2 Å². The van der Waals surface area contributed by atoms with Crippen molar-refractivity contribution in [3.63, 3.8) is 0 Å². The number of hydrogen-bond donors (Lipinski definition) is 1. The molecule has 0 aliphatic heterocycles. The monoisotopic (exact) mass is 698 g/mol. The van der Waals surface area contributed by atoms with Gasteiger partial charge in [-0.15, -0.1) is 0 Å². The Morgan fingerprint density at radius 2 is 1.08 bits per heavy atom. The average molecular weight is 699 g/mol. The first-order valence-corrected chi connectivity index (χ1v) is 17.0. The lowest BCUT2D eigenvalue weighted by atomic mass is 10.1. The highest BCUT2D eigenvalue weighted by molar-refractivity contribution is 5.81. The number of amides is 1. The van der Waals surface area contributed by atoms with Crippen molar-refractivity contribution in [2.45, 2.75) is 78.3 Å². The minimum Gasteiger partial charge on any atom is -0.497 e. The molecular formula is C41H50N2O8. The third-order valence-corrected chi connectivity index (χ3v) is 7.39. The second-order valence-electron chi connectivity index (χ2n) is 14.0. The maximum atomic E-state index is 13.4. The summed E-state index contributed by atoms with van der Waals surface area (Å²) < 4.78 is 34.7. The van der Waals surface area contributed by atoms with Crippen molar-refractivity contribution in [2.24, 2.45) is 0 Å². The van der Waals surface area contributed by atoms with E-state index in [2.05, 4.69) is 10.2 Å². The van der Waals surface area contributed by atoms with Gasteiger partial charge in [0, 0.05) is 42.9 Å². The number of ether oxygens (including phenoxy) is 6. The lowest BCUT2D eigenvalue weighted by molar-refractivity contribution is -0.157. The van der Waals surface area contributed by atoms with Crippen LogP contribution in [0.1, 0.15) is 59.1 Å². The number of rotatable bonds is 15. The van der Waals surface area contributed by atoms with Crippen molar-refractivity contribution in [3.05, 3.63) is 108 Å². The fourth-order valence-corrected chi connectivity index (χ4v) is 5.13. The van der Waals surface area contributed by atoms with Crippen LogP contribution in [0.25, 0.3) is 0 Å². The largest absolute Gasteiger partial charge is 0.497 e. The highest BCUT2D eigenvalue weighted by atomic mass is 16.6. The molecule has 0 saturated heterocycles. The van der Waals surface area contributed by atoms with Gasteiger partial charge in [-0.3, -0.25) is 4.90 Å². The van der Waals surface area contributed by atoms with Gasteiger partial charge in [0.25, 0.3) is 0 Å². The van der Waals surface area contributed by atoms with E-state index in [1.807, 2.05) is 97.1 Å². The summed E-state index contributed by atoms with van der Waals surface area (Å²) in [6.07, 6.45) is -0.453. The molecule has 4 aromatic carbocycles. The molecule has 4 rings (SSSR count). The number of alkyl carbamates (subject to hydrolysis) is 1. The summed E-state index contributed by atoms with van der Waals surface area (Å²) in [5.74, 6) is 3.44. The van der Waals surface area contributed by atoms with Crippen molar-refractivity contribution in [3.8, 4) is 34.5 Å². The molecule has 10 nitrogen and oxygen atoms in total. The lowest BCUT2D eigenvalue weighted by Gasteiger charge is -2.29. The molecule has 1 atom stereocenters. The van der Waals surface area contributed by atoms with Crippen LogP contribution >= 0.6 is 0 Å². The van der Waals surface area contributed by atoms with Crippen LogP contribution in [0.5, 0.6) is 34.5 Å². The van der Waals surface area contributed by atoms with Crippen LogP contribution in [-0.2, 0) is 27.4 Å². The average Bonchev–Trinajstić information content (AvgIpc) is 3.06. The quantitative estimate of drug-likeness (QED) is 0.122. The molecule has 0 aliphatic carbocycles. The summed E-state index contributed by atoms with van der Waals surface area (Å²) in [5, 5.41) is 2.75. The Morgan fingerprint density at radius 1 is 0.627 bits per heavy atom. The van der Waals surface area contributed by atoms with Crippen LogP contribution in [0, 0.1) is 0 Å². The molecule has 0 unspecified atom stereocenters. The van der Waals surface area contributed by atoms with E-state index in [0.717, 1.165) is 11.1 Å². The molecule has 0 bridgehead atoms. The number of esters is 1. The molecule has 4 aromatic rings. The number of para-hydroxylation sites is 2. The number of hydrogen-bond acceptors (Lipinski definition) is 9. The third kappa shape index (κ3) is 12.9. The molecule has 0 aromatic heterocycles. The fraction of sp³-hybridized carbons (Fsp3) is 0.366. The standard InChI is InChI=1S/C41H50N2O8/c1-40(2,3)50-38(44)35(42-39(45)51-41(4,5)6)23-24-43(27-29-15-9-11-21-36(29)48-33-19-13-17-31(25-33)46-7)28-30-16-10-12-22-37(30)49-34-20-14-18-32(26-34)47-8/h9-22,25-26,35H,23-24,27-28H2,1-8H3,(H,42,45)/t35-/m0/s1. The Morgan fingerprint density at radius 3 is 1.53 bits per heavy atom. The highest BCUT2D eigenvalue weighted by Gasteiger charge is 2.29. The first-order valence-electron chi connectivity index (χ1n) is 17.0. The molecule has 1 N–H and O–H groups in total. The van der Waals surface area contributed by atoms with Gasteiger partial charge in [0.1, 0.15) is 51.7 Å². The first-order chi connectivity index (χ1) is 24.2. The number of methoxy groups -OCH3 is 2. The summed E-state index contributed by atoms with van der Waals surface area (Å²) >= 11 is 0. The molecular weight excluding hydrogens is 648 g/mol. The Balaban J connectivity index is 1.65. The first kappa shape index (κ1) is 38.6. The molecule has 1 amide bonds. The van der Waals surface area contributed by atoms with E-state index in [-0.39, 0.29) is 6.42 Å². The second kappa shape index (κ2) is 17.6. The summed E-state index contributed by atoms with van der Waals surface area (Å²) in [4.78, 5) is 28.5. The molecule has 51 heavy (non-hydrogen) atoms. The predicted octanol–water partition coefficient (Wildman–Crippen LogP) is 8.92. The zero-order valence-electron chi connectivity index (χ0n) is 30.9. The molecule has 0 spiro atoms. The van der Waals surface area contributed by atoms with Gasteiger partial charge < -0.3 is 33.7 Å². The molecule has 10 heteroatoms. The third-order valence-electron chi connectivity index (χ3n) is 7.39. The fourth-order valence-electron chi connectivity index (χ4n) is 5.13. The zero-order chi connectivity index (χ0) is 37.0. The molecule has 0 heterocycles. The number of carbonyl (C=O) groups excluding carboxylic acids is 2. The van der Waals surface area contributed by atoms with E-state index >= 15 is 0 Å². The van der Waals surface area contributed by atoms with E-state index in [1.54, 1.807) is 55.8 Å². The van der Waals surface area contributed by atoms with Crippen LogP contribution < -0.4 is 24.3 Å². The van der Waals surface area contributed by atoms with Crippen LogP contribution in [0.2, 0.25) is 0 Å². The number of carbonyl (C=O) groups is 2. The zero-order valence-corrected chi connectivity index (χ0v) is 30.9. The van der Waals surface area contributed by atoms with E-state index in [9.17, 15) is 9.59 Å². The van der Waals surface area contributed by atoms with Gasteiger partial charge in [0.2, 0.25) is 0 Å². The molecule has 0 aliphatic rings. The predicted molar refractivity (Wildman–Crippen MR) is 197 cm³/mol. The maximum Gasteiger partial charge on any atom is 0.408 e. The SMILES string of the molecule is COc1cccc(Oc2ccccc2CN(CC[C@H](NC(=O)OC(C)(C)C)C(=O)OC(C)(C)C)Cc2ccccc2Oc2cccc(OC)c2)c1. The minimum absolute atomic E-state index is 0.242. The topological polar surface area (TPSA) is 105 Å². The van der Waals surface area contributed by atoms with Crippen LogP contribution in [0.15, 0.2) is 97.1 Å². The van der Waals surface area contributed by atoms with E-state index in [1.165, 1.54) is 0 Å². The highest BCUT2D eigenvalue weighted by Crippen LogP contribution is 2.32. The second-order valence-corrected chi connectivity index (χ2v) is 14.0. The van der Waals surface area contributed by atoms with Gasteiger partial charge in [-0.25, -0.2) is 9.59 Å². The van der Waals surface area contributed by atoms with Gasteiger partial charge in [0.05, 0.1) is 14.2 Å². The molecule has 0 fully saturated rings. The van der Waals surface area contributed by atoms with Gasteiger partial charge >= 0.3 is 12.1 Å². The minimum atomic E-state index is -0.965. The summed E-state index contributed by atoms with van der Waals surface area (Å²) in [5.41, 5.74) is 0.339. The summed E-state index contributed by atoms with van der Waals surface area (Å²) in [6, 6.07) is 29.5. The molecule has 272 valence electrons. The Labute approximate surface area is 301 Å². The van der Waals surface area contributed by atoms with Crippen molar-refractivity contribution in [2.75, 3.05) is 20.8 Å². The van der Waals surface area contributed by atoms with Crippen molar-refractivity contribution < 1.29 is 38.0 Å². The lowest BCUT2D eigenvalue weighted by Crippen LogP contribution is -2.47. The van der Waals surface area contributed by atoms with E-state index < -0.39 is 29.3 Å². The molecule has 0 radical (unpaired) electrons. The van der Waals surface area contributed by atoms with Crippen LogP contribution in [-0.4, -0.2) is 55.0 Å². The Hall–Kier alpha value is -5.22. The van der Waals surface area contributed by atoms with Gasteiger partial charge in [-0.1, -0.05) is 48.5 Å². The summed E-state index contributed by atoms with van der Waals surface area (Å²) in [7, 11) is 3.23. The normalized spacial score (nSPS) is 12.1. The van der Waals surface area contributed by atoms with Crippen molar-refractivity contribution >= 4 is 12.1 Å². The molecule has 0 saturated carbocycles.